The molecular weight excluding hydrogens is 497 g/mol. The average molecular weight is 524 g/mol. The molecule has 2 amide bonds. The van der Waals surface area contributed by atoms with Crippen LogP contribution in [0, 0.1) is 5.82 Å². The SMILES string of the molecule is Cn1ncc2cc(C(=O)N3CCC(c4ccc(NC(=O)c5ncn(-c6cccc(F)c6)n5)cc4)CC3)ccc21. The minimum absolute atomic E-state index is 0.0111. The average Bonchev–Trinajstić information content (AvgIpc) is 3.61. The second-order valence-corrected chi connectivity index (χ2v) is 9.68. The molecule has 2 aromatic heterocycles. The number of halogens is 1. The molecular formula is C29H26FN7O2. The number of piperidine rings is 1. The zero-order valence-corrected chi connectivity index (χ0v) is 21.3. The predicted octanol–water partition coefficient (Wildman–Crippen LogP) is 4.57. The topological polar surface area (TPSA) is 97.9 Å². The monoisotopic (exact) mass is 523 g/mol. The number of likely N-dealkylation sites (tertiary alicyclic amines) is 1. The van der Waals surface area contributed by atoms with Crippen molar-refractivity contribution in [3.8, 4) is 5.69 Å². The lowest BCUT2D eigenvalue weighted by Crippen LogP contribution is -2.37. The van der Waals surface area contributed by atoms with Crippen molar-refractivity contribution in [2.75, 3.05) is 18.4 Å². The molecule has 39 heavy (non-hydrogen) atoms. The molecule has 0 radical (unpaired) electrons. The van der Waals surface area contributed by atoms with Crippen LogP contribution in [0.2, 0.25) is 0 Å². The molecule has 0 atom stereocenters. The molecule has 6 rings (SSSR count). The third kappa shape index (κ3) is 5.00. The minimum Gasteiger partial charge on any atom is -0.339 e. The minimum atomic E-state index is -0.450. The number of carbonyl (C=O) groups is 2. The van der Waals surface area contributed by atoms with Gasteiger partial charge in [0.25, 0.3) is 11.8 Å². The lowest BCUT2D eigenvalue weighted by molar-refractivity contribution is 0.0713. The summed E-state index contributed by atoms with van der Waals surface area (Å²) in [5, 5.41) is 12.2. The van der Waals surface area contributed by atoms with E-state index in [2.05, 4.69) is 20.5 Å². The largest absolute Gasteiger partial charge is 0.339 e. The smallest absolute Gasteiger partial charge is 0.295 e. The van der Waals surface area contributed by atoms with Crippen LogP contribution in [0.4, 0.5) is 10.1 Å². The van der Waals surface area contributed by atoms with E-state index >= 15 is 0 Å². The van der Waals surface area contributed by atoms with Gasteiger partial charge in [-0.3, -0.25) is 14.3 Å². The molecule has 1 saturated heterocycles. The summed E-state index contributed by atoms with van der Waals surface area (Å²) in [6.07, 6.45) is 4.89. The van der Waals surface area contributed by atoms with Crippen LogP contribution in [0.1, 0.15) is 45.3 Å². The van der Waals surface area contributed by atoms with E-state index in [1.54, 1.807) is 23.0 Å². The Kier molecular flexibility index (Phi) is 6.36. The highest BCUT2D eigenvalue weighted by molar-refractivity contribution is 6.01. The Morgan fingerprint density at radius 3 is 2.56 bits per heavy atom. The molecule has 1 N–H and O–H groups in total. The summed E-state index contributed by atoms with van der Waals surface area (Å²) in [7, 11) is 1.89. The summed E-state index contributed by atoms with van der Waals surface area (Å²) in [4.78, 5) is 31.7. The van der Waals surface area contributed by atoms with Crippen molar-refractivity contribution >= 4 is 28.4 Å². The Bertz CT molecular complexity index is 1670. The highest BCUT2D eigenvalue weighted by Gasteiger charge is 2.25. The van der Waals surface area contributed by atoms with Gasteiger partial charge in [0.2, 0.25) is 5.82 Å². The van der Waals surface area contributed by atoms with E-state index in [0.717, 1.165) is 23.7 Å². The van der Waals surface area contributed by atoms with Gasteiger partial charge in [0.05, 0.1) is 17.4 Å². The molecule has 1 aliphatic rings. The van der Waals surface area contributed by atoms with Gasteiger partial charge in [-0.1, -0.05) is 18.2 Å². The van der Waals surface area contributed by atoms with E-state index in [0.29, 0.717) is 35.9 Å². The third-order valence-electron chi connectivity index (χ3n) is 7.18. The highest BCUT2D eigenvalue weighted by Crippen LogP contribution is 2.30. The summed E-state index contributed by atoms with van der Waals surface area (Å²) in [5.74, 6) is -0.472. The van der Waals surface area contributed by atoms with Gasteiger partial charge in [0.15, 0.2) is 0 Å². The summed E-state index contributed by atoms with van der Waals surface area (Å²) < 4.78 is 16.6. The summed E-state index contributed by atoms with van der Waals surface area (Å²) in [5.41, 5.74) is 3.96. The first-order valence-electron chi connectivity index (χ1n) is 12.7. The fraction of sp³-hybridized carbons (Fsp3) is 0.207. The van der Waals surface area contributed by atoms with Gasteiger partial charge in [-0.15, -0.1) is 5.10 Å². The Balaban J connectivity index is 1.05. The summed E-state index contributed by atoms with van der Waals surface area (Å²) in [6.45, 7) is 1.37. The standard InChI is InChI=1S/C29H26FN7O2/c1-35-26-10-7-21(15-22(26)17-32-35)29(39)36-13-11-20(12-14-36)19-5-8-24(9-6-19)33-28(38)27-31-18-37(34-27)25-4-2-3-23(30)16-25/h2-10,15-18,20H,11-14H2,1H3,(H,33,38). The molecule has 0 saturated carbocycles. The number of rotatable bonds is 5. The molecule has 0 unspecified atom stereocenters. The van der Waals surface area contributed by atoms with Crippen molar-refractivity contribution < 1.29 is 14.0 Å². The molecule has 196 valence electrons. The first-order chi connectivity index (χ1) is 18.9. The van der Waals surface area contributed by atoms with Gasteiger partial charge in [-0.05, 0) is 72.9 Å². The van der Waals surface area contributed by atoms with Crippen molar-refractivity contribution in [3.63, 3.8) is 0 Å². The van der Waals surface area contributed by atoms with Gasteiger partial charge in [-0.2, -0.15) is 5.10 Å². The molecule has 9 nitrogen and oxygen atoms in total. The lowest BCUT2D eigenvalue weighted by Gasteiger charge is -2.32. The Morgan fingerprint density at radius 1 is 1.00 bits per heavy atom. The van der Waals surface area contributed by atoms with E-state index < -0.39 is 11.7 Å². The van der Waals surface area contributed by atoms with E-state index in [1.807, 2.05) is 54.4 Å². The molecule has 0 aliphatic carbocycles. The number of aromatic nitrogens is 5. The second-order valence-electron chi connectivity index (χ2n) is 9.68. The first kappa shape index (κ1) is 24.5. The fourth-order valence-electron chi connectivity index (χ4n) is 5.03. The number of hydrogen-bond donors (Lipinski definition) is 1. The molecule has 1 fully saturated rings. The number of aryl methyl sites for hydroxylation is 1. The highest BCUT2D eigenvalue weighted by atomic mass is 19.1. The van der Waals surface area contributed by atoms with E-state index in [-0.39, 0.29) is 11.7 Å². The van der Waals surface area contributed by atoms with Gasteiger partial charge in [-0.25, -0.2) is 14.1 Å². The predicted molar refractivity (Wildman–Crippen MR) is 144 cm³/mol. The van der Waals surface area contributed by atoms with Crippen LogP contribution in [0.3, 0.4) is 0 Å². The molecule has 10 heteroatoms. The number of amides is 2. The van der Waals surface area contributed by atoms with Crippen molar-refractivity contribution in [1.29, 1.82) is 0 Å². The molecule has 1 aliphatic heterocycles. The second kappa shape index (κ2) is 10.1. The Morgan fingerprint density at radius 2 is 1.79 bits per heavy atom. The van der Waals surface area contributed by atoms with Crippen LogP contribution in [-0.4, -0.2) is 54.3 Å². The zero-order chi connectivity index (χ0) is 26.9. The van der Waals surface area contributed by atoms with Gasteiger partial charge < -0.3 is 10.2 Å². The maximum atomic E-state index is 13.5. The Hall–Kier alpha value is -4.86. The molecule has 0 spiro atoms. The lowest BCUT2D eigenvalue weighted by atomic mass is 9.89. The van der Waals surface area contributed by atoms with Crippen molar-refractivity contribution in [2.24, 2.45) is 7.05 Å². The maximum Gasteiger partial charge on any atom is 0.295 e. The molecule has 3 heterocycles. The van der Waals surface area contributed by atoms with Crippen molar-refractivity contribution in [3.05, 3.63) is 102 Å². The van der Waals surface area contributed by atoms with E-state index in [4.69, 9.17) is 0 Å². The van der Waals surface area contributed by atoms with Crippen LogP contribution in [-0.2, 0) is 7.05 Å². The van der Waals surface area contributed by atoms with Crippen molar-refractivity contribution in [2.45, 2.75) is 18.8 Å². The number of benzene rings is 3. The maximum absolute atomic E-state index is 13.5. The number of fused-ring (bicyclic) bond motifs is 1. The van der Waals surface area contributed by atoms with Crippen LogP contribution in [0.5, 0.6) is 0 Å². The third-order valence-corrected chi connectivity index (χ3v) is 7.18. The molecule has 5 aromatic rings. The van der Waals surface area contributed by atoms with Crippen LogP contribution >= 0.6 is 0 Å². The van der Waals surface area contributed by atoms with E-state index in [9.17, 15) is 14.0 Å². The zero-order valence-electron chi connectivity index (χ0n) is 21.3. The fourth-order valence-corrected chi connectivity index (χ4v) is 5.03. The number of carbonyl (C=O) groups excluding carboxylic acids is 2. The first-order valence-corrected chi connectivity index (χ1v) is 12.7. The molecule has 3 aromatic carbocycles. The number of anilines is 1. The van der Waals surface area contributed by atoms with Gasteiger partial charge in [0, 0.05) is 36.8 Å². The summed E-state index contributed by atoms with van der Waals surface area (Å²) >= 11 is 0. The number of nitrogens with zero attached hydrogens (tertiary/aromatic N) is 6. The quantitative estimate of drug-likeness (QED) is 0.364. The van der Waals surface area contributed by atoms with Gasteiger partial charge >= 0.3 is 0 Å². The van der Waals surface area contributed by atoms with Crippen LogP contribution in [0.15, 0.2) is 79.3 Å². The van der Waals surface area contributed by atoms with E-state index in [1.165, 1.54) is 28.7 Å². The molecule has 0 bridgehead atoms. The van der Waals surface area contributed by atoms with Crippen LogP contribution < -0.4 is 5.32 Å². The normalized spacial score (nSPS) is 14.1. The number of nitrogens with one attached hydrogen (secondary N) is 1. The van der Waals surface area contributed by atoms with Crippen molar-refractivity contribution in [1.82, 2.24) is 29.4 Å². The van der Waals surface area contributed by atoms with Crippen LogP contribution in [0.25, 0.3) is 16.6 Å². The number of hydrogen-bond acceptors (Lipinski definition) is 5. The summed E-state index contributed by atoms with van der Waals surface area (Å²) in [6, 6.07) is 19.3. The Labute approximate surface area is 223 Å². The van der Waals surface area contributed by atoms with Gasteiger partial charge in [0.1, 0.15) is 12.1 Å².